The zero-order valence-electron chi connectivity index (χ0n) is 10.5. The van der Waals surface area contributed by atoms with Crippen molar-refractivity contribution in [3.05, 3.63) is 11.6 Å². The molecule has 18 heavy (non-hydrogen) atoms. The van der Waals surface area contributed by atoms with Crippen LogP contribution in [0.4, 0.5) is 0 Å². The number of carbonyl (C=O) groups excluding carboxylic acids is 1. The summed E-state index contributed by atoms with van der Waals surface area (Å²) < 4.78 is 0. The molecule has 0 atom stereocenters. The first kappa shape index (κ1) is 13.1. The number of nitrogens with one attached hydrogen (secondary N) is 1. The van der Waals surface area contributed by atoms with Crippen LogP contribution in [0.2, 0.25) is 0 Å². The number of carboxylic acid groups (broad SMARTS) is 1. The van der Waals surface area contributed by atoms with Gasteiger partial charge in [0.1, 0.15) is 0 Å². The molecule has 0 aromatic rings. The lowest BCUT2D eigenvalue weighted by Crippen LogP contribution is -2.43. The lowest BCUT2D eigenvalue weighted by Gasteiger charge is -2.25. The Bertz CT molecular complexity index is 359. The molecule has 0 radical (unpaired) electrons. The highest BCUT2D eigenvalue weighted by Crippen LogP contribution is 2.17. The zero-order chi connectivity index (χ0) is 13.0. The fourth-order valence-corrected chi connectivity index (χ4v) is 2.64. The van der Waals surface area contributed by atoms with Crippen LogP contribution in [0.25, 0.3) is 0 Å². The van der Waals surface area contributed by atoms with Gasteiger partial charge in [-0.1, -0.05) is 18.9 Å². The topological polar surface area (TPSA) is 69.6 Å². The summed E-state index contributed by atoms with van der Waals surface area (Å²) in [6.45, 7) is 1.43. The van der Waals surface area contributed by atoms with Crippen molar-refractivity contribution in [3.63, 3.8) is 0 Å². The van der Waals surface area contributed by atoms with E-state index in [4.69, 9.17) is 5.11 Å². The molecule has 2 N–H and O–H groups in total. The molecule has 1 aliphatic heterocycles. The van der Waals surface area contributed by atoms with Crippen molar-refractivity contribution in [1.82, 2.24) is 10.2 Å². The number of nitrogens with zero attached hydrogens (tertiary/aromatic N) is 1. The van der Waals surface area contributed by atoms with Crippen LogP contribution in [0.1, 0.15) is 32.1 Å². The highest BCUT2D eigenvalue weighted by atomic mass is 16.4. The van der Waals surface area contributed by atoms with Gasteiger partial charge < -0.3 is 10.4 Å². The van der Waals surface area contributed by atoms with Gasteiger partial charge in [0.15, 0.2) is 0 Å². The average Bonchev–Trinajstić information content (AvgIpc) is 2.82. The van der Waals surface area contributed by atoms with Crippen LogP contribution in [0.5, 0.6) is 0 Å². The molecule has 0 bridgehead atoms. The molecule has 0 aromatic heterocycles. The number of hydrogen-bond acceptors (Lipinski definition) is 3. The average molecular weight is 252 g/mol. The quantitative estimate of drug-likeness (QED) is 0.775. The minimum absolute atomic E-state index is 0.0218. The standard InChI is InChI=1S/C13H20N2O3/c16-12(14-11-5-1-2-6-11)9-15-7-3-4-10(8-15)13(17)18/h4,11H,1-3,5-9H2,(H,14,16)(H,17,18). The summed E-state index contributed by atoms with van der Waals surface area (Å²) in [5, 5.41) is 11.9. The Labute approximate surface area is 107 Å². The van der Waals surface area contributed by atoms with E-state index in [0.29, 0.717) is 31.1 Å². The summed E-state index contributed by atoms with van der Waals surface area (Å²) in [6.07, 6.45) is 6.99. The molecule has 0 spiro atoms. The second kappa shape index (κ2) is 6.00. The maximum atomic E-state index is 11.8. The van der Waals surface area contributed by atoms with Crippen LogP contribution in [-0.4, -0.2) is 47.6 Å². The fourth-order valence-electron chi connectivity index (χ4n) is 2.64. The molecule has 1 fully saturated rings. The Kier molecular flexibility index (Phi) is 4.36. The van der Waals surface area contributed by atoms with Gasteiger partial charge in [-0.25, -0.2) is 4.79 Å². The monoisotopic (exact) mass is 252 g/mol. The fraction of sp³-hybridized carbons (Fsp3) is 0.692. The third-order valence-electron chi connectivity index (χ3n) is 3.59. The third-order valence-corrected chi connectivity index (χ3v) is 3.59. The molecule has 1 saturated carbocycles. The van der Waals surface area contributed by atoms with Gasteiger partial charge in [-0.15, -0.1) is 0 Å². The van der Waals surface area contributed by atoms with E-state index in [1.54, 1.807) is 6.08 Å². The minimum Gasteiger partial charge on any atom is -0.478 e. The normalized spacial score (nSPS) is 21.7. The lowest BCUT2D eigenvalue weighted by molar-refractivity contribution is -0.133. The Morgan fingerprint density at radius 1 is 1.39 bits per heavy atom. The number of amides is 1. The summed E-state index contributed by atoms with van der Waals surface area (Å²) in [5.74, 6) is -0.857. The number of carbonyl (C=O) groups is 2. The van der Waals surface area contributed by atoms with Crippen molar-refractivity contribution in [3.8, 4) is 0 Å². The SMILES string of the molecule is O=C(CN1CCC=C(C(=O)O)C1)NC1CCCC1. The van der Waals surface area contributed by atoms with E-state index in [9.17, 15) is 9.59 Å². The predicted octanol–water partition coefficient (Wildman–Crippen LogP) is 0.762. The Balaban J connectivity index is 1.77. The van der Waals surface area contributed by atoms with Gasteiger partial charge in [0.05, 0.1) is 6.54 Å². The zero-order valence-corrected chi connectivity index (χ0v) is 10.5. The van der Waals surface area contributed by atoms with Gasteiger partial charge in [-0.05, 0) is 19.3 Å². The number of carboxylic acids is 1. The van der Waals surface area contributed by atoms with Crippen LogP contribution in [0.15, 0.2) is 11.6 Å². The molecule has 0 aromatic carbocycles. The van der Waals surface area contributed by atoms with Crippen molar-refractivity contribution in [1.29, 1.82) is 0 Å². The molecular weight excluding hydrogens is 232 g/mol. The molecular formula is C13H20N2O3. The van der Waals surface area contributed by atoms with Gasteiger partial charge in [-0.3, -0.25) is 9.69 Å². The first-order valence-electron chi connectivity index (χ1n) is 6.59. The lowest BCUT2D eigenvalue weighted by atomic mass is 10.1. The second-order valence-electron chi connectivity index (χ2n) is 5.08. The Morgan fingerprint density at radius 2 is 2.11 bits per heavy atom. The Hall–Kier alpha value is -1.36. The Morgan fingerprint density at radius 3 is 2.78 bits per heavy atom. The van der Waals surface area contributed by atoms with E-state index in [0.717, 1.165) is 19.4 Å². The van der Waals surface area contributed by atoms with Crippen molar-refractivity contribution in [2.24, 2.45) is 0 Å². The van der Waals surface area contributed by atoms with E-state index >= 15 is 0 Å². The van der Waals surface area contributed by atoms with Crippen LogP contribution in [0, 0.1) is 0 Å². The van der Waals surface area contributed by atoms with Gasteiger partial charge in [-0.2, -0.15) is 0 Å². The predicted molar refractivity (Wildman–Crippen MR) is 67.2 cm³/mol. The van der Waals surface area contributed by atoms with Gasteiger partial charge in [0.2, 0.25) is 5.91 Å². The molecule has 100 valence electrons. The van der Waals surface area contributed by atoms with E-state index in [2.05, 4.69) is 5.32 Å². The van der Waals surface area contributed by atoms with E-state index in [1.807, 2.05) is 4.90 Å². The number of rotatable bonds is 4. The van der Waals surface area contributed by atoms with E-state index in [1.165, 1.54) is 12.8 Å². The molecule has 0 saturated heterocycles. The molecule has 5 nitrogen and oxygen atoms in total. The summed E-state index contributed by atoms with van der Waals surface area (Å²) in [5.41, 5.74) is 0.398. The smallest absolute Gasteiger partial charge is 0.332 e. The second-order valence-corrected chi connectivity index (χ2v) is 5.08. The van der Waals surface area contributed by atoms with Crippen molar-refractivity contribution in [2.75, 3.05) is 19.6 Å². The maximum Gasteiger partial charge on any atom is 0.332 e. The molecule has 5 heteroatoms. The van der Waals surface area contributed by atoms with Crippen LogP contribution >= 0.6 is 0 Å². The number of aliphatic carboxylic acids is 1. The van der Waals surface area contributed by atoms with Crippen LogP contribution in [-0.2, 0) is 9.59 Å². The third kappa shape index (κ3) is 3.57. The summed E-state index contributed by atoms with van der Waals surface area (Å²) in [4.78, 5) is 24.6. The molecule has 1 amide bonds. The molecule has 2 rings (SSSR count). The van der Waals surface area contributed by atoms with Gasteiger partial charge >= 0.3 is 5.97 Å². The van der Waals surface area contributed by atoms with E-state index in [-0.39, 0.29) is 5.91 Å². The van der Waals surface area contributed by atoms with E-state index < -0.39 is 5.97 Å². The first-order valence-corrected chi connectivity index (χ1v) is 6.59. The summed E-state index contributed by atoms with van der Waals surface area (Å²) in [7, 11) is 0. The van der Waals surface area contributed by atoms with Crippen molar-refractivity contribution >= 4 is 11.9 Å². The van der Waals surface area contributed by atoms with Crippen molar-refractivity contribution in [2.45, 2.75) is 38.1 Å². The molecule has 1 heterocycles. The maximum absolute atomic E-state index is 11.8. The molecule has 0 unspecified atom stereocenters. The largest absolute Gasteiger partial charge is 0.478 e. The minimum atomic E-state index is -0.879. The summed E-state index contributed by atoms with van der Waals surface area (Å²) >= 11 is 0. The van der Waals surface area contributed by atoms with Gasteiger partial charge in [0.25, 0.3) is 0 Å². The van der Waals surface area contributed by atoms with Crippen molar-refractivity contribution < 1.29 is 14.7 Å². The molecule has 1 aliphatic carbocycles. The van der Waals surface area contributed by atoms with Crippen LogP contribution in [0.3, 0.4) is 0 Å². The first-order chi connectivity index (χ1) is 8.65. The highest BCUT2D eigenvalue weighted by Gasteiger charge is 2.21. The number of hydrogen-bond donors (Lipinski definition) is 2. The highest BCUT2D eigenvalue weighted by molar-refractivity contribution is 5.87. The van der Waals surface area contributed by atoms with Crippen LogP contribution < -0.4 is 5.32 Å². The van der Waals surface area contributed by atoms with Gasteiger partial charge in [0, 0.05) is 24.7 Å². The summed E-state index contributed by atoms with van der Waals surface area (Å²) in [6, 6.07) is 0.330. The molecule has 2 aliphatic rings.